The molecule has 0 unspecified atom stereocenters. The van der Waals surface area contributed by atoms with Gasteiger partial charge in [-0.25, -0.2) is 8.42 Å². The number of hydrogen-bond acceptors (Lipinski definition) is 6. The number of anilines is 1. The molecule has 0 amide bonds. The smallest absolute Gasteiger partial charge is 0.263 e. The molecule has 2 heterocycles. The molecule has 2 aromatic carbocycles. The van der Waals surface area contributed by atoms with Gasteiger partial charge in [0.25, 0.3) is 10.0 Å². The molecule has 0 bridgehead atoms. The largest absolute Gasteiger partial charge is 0.486 e. The summed E-state index contributed by atoms with van der Waals surface area (Å²) in [5, 5.41) is 7.91. The van der Waals surface area contributed by atoms with E-state index in [0.717, 1.165) is 5.56 Å². The van der Waals surface area contributed by atoms with Gasteiger partial charge in [0.1, 0.15) is 24.4 Å². The van der Waals surface area contributed by atoms with E-state index in [9.17, 15) is 8.42 Å². The number of sulfonamides is 1. The van der Waals surface area contributed by atoms with Gasteiger partial charge in [-0.15, -0.1) is 10.2 Å². The molecule has 3 aromatic rings. The maximum absolute atomic E-state index is 12.8. The van der Waals surface area contributed by atoms with Gasteiger partial charge in [-0.1, -0.05) is 23.7 Å². The number of nitrogens with zero attached hydrogens (tertiary/aromatic N) is 3. The van der Waals surface area contributed by atoms with Crippen LogP contribution in [0.1, 0.15) is 0 Å². The summed E-state index contributed by atoms with van der Waals surface area (Å²) in [6.45, 7) is 0.740. The van der Waals surface area contributed by atoms with Crippen LogP contribution < -0.4 is 14.2 Å². The zero-order chi connectivity index (χ0) is 19.0. The molecule has 0 saturated carbocycles. The molecular weight excluding hydrogens is 392 g/mol. The van der Waals surface area contributed by atoms with Crippen molar-refractivity contribution in [2.45, 2.75) is 4.90 Å². The van der Waals surface area contributed by atoms with Crippen molar-refractivity contribution >= 4 is 27.3 Å². The summed E-state index contributed by atoms with van der Waals surface area (Å²) in [5.74, 6) is 1.39. The minimum absolute atomic E-state index is 0.0520. The molecule has 27 heavy (non-hydrogen) atoms. The van der Waals surface area contributed by atoms with Crippen molar-refractivity contribution in [2.75, 3.05) is 17.9 Å². The fourth-order valence-electron chi connectivity index (χ4n) is 2.73. The Morgan fingerprint density at radius 1 is 1.15 bits per heavy atom. The zero-order valence-corrected chi connectivity index (χ0v) is 15.8. The van der Waals surface area contributed by atoms with Gasteiger partial charge < -0.3 is 14.0 Å². The Labute approximate surface area is 160 Å². The molecule has 1 aliphatic rings. The highest BCUT2D eigenvalue weighted by molar-refractivity contribution is 7.92. The average Bonchev–Trinajstić information content (AvgIpc) is 3.07. The summed E-state index contributed by atoms with van der Waals surface area (Å²) >= 11 is 6.17. The second-order valence-corrected chi connectivity index (χ2v) is 7.94. The Morgan fingerprint density at radius 2 is 1.89 bits per heavy atom. The van der Waals surface area contributed by atoms with Crippen LogP contribution in [-0.2, 0) is 17.1 Å². The van der Waals surface area contributed by atoms with Gasteiger partial charge in [-0.05, 0) is 12.1 Å². The van der Waals surface area contributed by atoms with Crippen molar-refractivity contribution in [1.82, 2.24) is 14.8 Å². The Kier molecular flexibility index (Phi) is 4.40. The first kappa shape index (κ1) is 17.6. The van der Waals surface area contributed by atoms with Gasteiger partial charge in [0, 0.05) is 30.4 Å². The molecular formula is C17H15ClN4O4S. The Morgan fingerprint density at radius 3 is 2.59 bits per heavy atom. The van der Waals surface area contributed by atoms with E-state index in [0.29, 0.717) is 36.2 Å². The highest BCUT2D eigenvalue weighted by atomic mass is 35.5. The number of fused-ring (bicyclic) bond motifs is 1. The minimum Gasteiger partial charge on any atom is -0.486 e. The standard InChI is InChI=1S/C17H15ClN4O4S/c1-22-10-19-20-17(22)11-3-2-4-12(7-11)21-27(23,24)16-9-15-14(8-13(16)18)25-5-6-26-15/h2-4,7-10,21H,5-6H2,1H3. The Bertz CT molecular complexity index is 1110. The Hall–Kier alpha value is -2.78. The van der Waals surface area contributed by atoms with E-state index < -0.39 is 10.0 Å². The number of rotatable bonds is 4. The lowest BCUT2D eigenvalue weighted by Gasteiger charge is -2.20. The summed E-state index contributed by atoms with van der Waals surface area (Å²) in [7, 11) is -2.13. The van der Waals surface area contributed by atoms with Crippen molar-refractivity contribution in [2.24, 2.45) is 7.05 Å². The molecule has 0 atom stereocenters. The van der Waals surface area contributed by atoms with Crippen LogP contribution in [0.4, 0.5) is 5.69 Å². The molecule has 10 heteroatoms. The molecule has 4 rings (SSSR count). The molecule has 0 saturated heterocycles. The third-order valence-corrected chi connectivity index (χ3v) is 5.82. The fraction of sp³-hybridized carbons (Fsp3) is 0.176. The van der Waals surface area contributed by atoms with Crippen LogP contribution in [0.5, 0.6) is 11.5 Å². The van der Waals surface area contributed by atoms with Crippen molar-refractivity contribution < 1.29 is 17.9 Å². The third-order valence-electron chi connectivity index (χ3n) is 3.97. The number of halogens is 1. The first-order chi connectivity index (χ1) is 12.9. The zero-order valence-electron chi connectivity index (χ0n) is 14.2. The molecule has 0 fully saturated rings. The van der Waals surface area contributed by atoms with E-state index in [2.05, 4.69) is 14.9 Å². The van der Waals surface area contributed by atoms with Crippen molar-refractivity contribution in [3.8, 4) is 22.9 Å². The number of hydrogen-bond donors (Lipinski definition) is 1. The van der Waals surface area contributed by atoms with E-state index in [1.54, 1.807) is 36.1 Å². The van der Waals surface area contributed by atoms with Crippen LogP contribution in [-0.4, -0.2) is 36.4 Å². The van der Waals surface area contributed by atoms with Gasteiger partial charge in [-0.3, -0.25) is 4.72 Å². The number of aryl methyl sites for hydroxylation is 1. The molecule has 1 aliphatic heterocycles. The van der Waals surface area contributed by atoms with Crippen molar-refractivity contribution in [3.63, 3.8) is 0 Å². The van der Waals surface area contributed by atoms with E-state index in [-0.39, 0.29) is 9.92 Å². The van der Waals surface area contributed by atoms with Gasteiger partial charge >= 0.3 is 0 Å². The van der Waals surface area contributed by atoms with E-state index in [4.69, 9.17) is 21.1 Å². The maximum atomic E-state index is 12.8. The van der Waals surface area contributed by atoms with Gasteiger partial charge in [0.15, 0.2) is 17.3 Å². The minimum atomic E-state index is -3.93. The highest BCUT2D eigenvalue weighted by Crippen LogP contribution is 2.38. The van der Waals surface area contributed by atoms with E-state index in [1.807, 2.05) is 6.07 Å². The lowest BCUT2D eigenvalue weighted by Crippen LogP contribution is -2.18. The van der Waals surface area contributed by atoms with Crippen LogP contribution in [0.25, 0.3) is 11.4 Å². The quantitative estimate of drug-likeness (QED) is 0.715. The number of ether oxygens (including phenoxy) is 2. The molecule has 140 valence electrons. The number of benzene rings is 2. The van der Waals surface area contributed by atoms with Crippen LogP contribution in [0.15, 0.2) is 47.6 Å². The summed E-state index contributed by atoms with van der Waals surface area (Å²) in [5.41, 5.74) is 1.10. The normalized spacial score (nSPS) is 13.4. The van der Waals surface area contributed by atoms with Crippen LogP contribution in [0.3, 0.4) is 0 Å². The highest BCUT2D eigenvalue weighted by Gasteiger charge is 2.23. The fourth-order valence-corrected chi connectivity index (χ4v) is 4.31. The van der Waals surface area contributed by atoms with Crippen LogP contribution >= 0.6 is 11.6 Å². The SMILES string of the molecule is Cn1cnnc1-c1cccc(NS(=O)(=O)c2cc3c(cc2Cl)OCCO3)c1. The van der Waals surface area contributed by atoms with Crippen LogP contribution in [0.2, 0.25) is 5.02 Å². The predicted molar refractivity (Wildman–Crippen MR) is 99.7 cm³/mol. The van der Waals surface area contributed by atoms with Gasteiger partial charge in [0.05, 0.1) is 5.02 Å². The first-order valence-corrected chi connectivity index (χ1v) is 9.86. The number of aromatic nitrogens is 3. The van der Waals surface area contributed by atoms with E-state index >= 15 is 0 Å². The lowest BCUT2D eigenvalue weighted by molar-refractivity contribution is 0.171. The molecule has 0 aliphatic carbocycles. The summed E-state index contributed by atoms with van der Waals surface area (Å²) in [6, 6.07) is 9.68. The average molecular weight is 407 g/mol. The molecule has 1 aromatic heterocycles. The van der Waals surface area contributed by atoms with Crippen LogP contribution in [0, 0.1) is 0 Å². The van der Waals surface area contributed by atoms with Crippen molar-refractivity contribution in [1.29, 1.82) is 0 Å². The molecule has 0 spiro atoms. The topological polar surface area (TPSA) is 95.3 Å². The summed E-state index contributed by atoms with van der Waals surface area (Å²) in [6.07, 6.45) is 1.57. The predicted octanol–water partition coefficient (Wildman–Crippen LogP) is 2.71. The third kappa shape index (κ3) is 3.43. The van der Waals surface area contributed by atoms with Gasteiger partial charge in [0.2, 0.25) is 0 Å². The second-order valence-electron chi connectivity index (χ2n) is 5.88. The second kappa shape index (κ2) is 6.75. The maximum Gasteiger partial charge on any atom is 0.263 e. The first-order valence-electron chi connectivity index (χ1n) is 8.00. The van der Waals surface area contributed by atoms with Crippen molar-refractivity contribution in [3.05, 3.63) is 47.7 Å². The molecule has 8 nitrogen and oxygen atoms in total. The summed E-state index contributed by atoms with van der Waals surface area (Å²) < 4.78 is 40.8. The van der Waals surface area contributed by atoms with Gasteiger partial charge in [-0.2, -0.15) is 0 Å². The lowest BCUT2D eigenvalue weighted by atomic mass is 10.2. The monoisotopic (exact) mass is 406 g/mol. The number of nitrogens with one attached hydrogen (secondary N) is 1. The molecule has 1 N–H and O–H groups in total. The Balaban J connectivity index is 1.67. The summed E-state index contributed by atoms with van der Waals surface area (Å²) in [4.78, 5) is -0.0857. The molecule has 0 radical (unpaired) electrons. The van der Waals surface area contributed by atoms with E-state index in [1.165, 1.54) is 12.1 Å².